The van der Waals surface area contributed by atoms with Crippen LogP contribution in [0.2, 0.25) is 0 Å². The number of amides is 2. The van der Waals surface area contributed by atoms with Crippen LogP contribution in [0.15, 0.2) is 48.8 Å². The standard InChI is InChI=1S/C21H26N4O2.2ClH/c26-20(6-3-16-7-11-22-12-8-16)24-15-17-1-4-19(5-2-17)25-21(27)18-9-13-23-14-10-18;;/h1-2,4-5,9-10,13-14,16,22H,3,6-8,11-12,15H2,(H,24,26)(H,25,27);2*1H. The lowest BCUT2D eigenvalue weighted by molar-refractivity contribution is -0.121. The summed E-state index contributed by atoms with van der Waals surface area (Å²) in [6.45, 7) is 2.64. The summed E-state index contributed by atoms with van der Waals surface area (Å²) in [6, 6.07) is 10.8. The molecule has 0 unspecified atom stereocenters. The highest BCUT2D eigenvalue weighted by Crippen LogP contribution is 2.17. The number of piperidine rings is 1. The van der Waals surface area contributed by atoms with E-state index in [2.05, 4.69) is 20.9 Å². The first-order valence-electron chi connectivity index (χ1n) is 9.48. The summed E-state index contributed by atoms with van der Waals surface area (Å²) in [5, 5.41) is 9.17. The zero-order chi connectivity index (χ0) is 18.9. The molecule has 2 amide bonds. The van der Waals surface area contributed by atoms with Gasteiger partial charge in [-0.3, -0.25) is 14.6 Å². The fourth-order valence-electron chi connectivity index (χ4n) is 3.21. The van der Waals surface area contributed by atoms with Crippen LogP contribution in [0.1, 0.15) is 41.6 Å². The van der Waals surface area contributed by atoms with Crippen molar-refractivity contribution in [2.45, 2.75) is 32.2 Å². The van der Waals surface area contributed by atoms with E-state index in [4.69, 9.17) is 0 Å². The van der Waals surface area contributed by atoms with E-state index in [0.717, 1.165) is 30.8 Å². The monoisotopic (exact) mass is 438 g/mol. The molecule has 6 nitrogen and oxygen atoms in total. The van der Waals surface area contributed by atoms with Crippen molar-refractivity contribution in [1.82, 2.24) is 15.6 Å². The van der Waals surface area contributed by atoms with Gasteiger partial charge in [-0.05, 0) is 68.1 Å². The third kappa shape index (κ3) is 8.40. The molecule has 158 valence electrons. The Bertz CT molecular complexity index is 751. The van der Waals surface area contributed by atoms with Crippen molar-refractivity contribution in [2.75, 3.05) is 18.4 Å². The average Bonchev–Trinajstić information content (AvgIpc) is 2.73. The van der Waals surface area contributed by atoms with Crippen molar-refractivity contribution in [3.05, 3.63) is 59.9 Å². The summed E-state index contributed by atoms with van der Waals surface area (Å²) >= 11 is 0. The van der Waals surface area contributed by atoms with Crippen LogP contribution in [-0.4, -0.2) is 29.9 Å². The van der Waals surface area contributed by atoms with Crippen LogP contribution in [0.3, 0.4) is 0 Å². The molecule has 1 aliphatic heterocycles. The van der Waals surface area contributed by atoms with Crippen LogP contribution < -0.4 is 16.0 Å². The van der Waals surface area contributed by atoms with E-state index in [0.29, 0.717) is 24.4 Å². The molecule has 0 atom stereocenters. The SMILES string of the molecule is Cl.Cl.O=C(CCC1CCNCC1)NCc1ccc(NC(=O)c2ccncc2)cc1. The van der Waals surface area contributed by atoms with Gasteiger partial charge in [-0.2, -0.15) is 0 Å². The number of nitrogens with zero attached hydrogens (tertiary/aromatic N) is 1. The second-order valence-corrected chi connectivity index (χ2v) is 6.90. The van der Waals surface area contributed by atoms with Crippen LogP contribution in [-0.2, 0) is 11.3 Å². The molecule has 0 spiro atoms. The maximum atomic E-state index is 12.1. The fraction of sp³-hybridized carbons (Fsp3) is 0.381. The molecular weight excluding hydrogens is 411 g/mol. The summed E-state index contributed by atoms with van der Waals surface area (Å²) < 4.78 is 0. The number of halogens is 2. The minimum absolute atomic E-state index is 0. The van der Waals surface area contributed by atoms with Crippen LogP contribution in [0, 0.1) is 5.92 Å². The van der Waals surface area contributed by atoms with Gasteiger partial charge in [0.1, 0.15) is 0 Å². The number of carbonyl (C=O) groups excluding carboxylic acids is 2. The fourth-order valence-corrected chi connectivity index (χ4v) is 3.21. The van der Waals surface area contributed by atoms with Crippen molar-refractivity contribution >= 4 is 42.3 Å². The van der Waals surface area contributed by atoms with Crippen LogP contribution in [0.4, 0.5) is 5.69 Å². The number of pyridine rings is 1. The minimum Gasteiger partial charge on any atom is -0.352 e. The molecule has 29 heavy (non-hydrogen) atoms. The molecule has 2 aromatic rings. The maximum Gasteiger partial charge on any atom is 0.255 e. The first-order valence-corrected chi connectivity index (χ1v) is 9.48. The molecule has 1 aliphatic rings. The second-order valence-electron chi connectivity index (χ2n) is 6.90. The molecule has 3 rings (SSSR count). The van der Waals surface area contributed by atoms with Gasteiger partial charge in [0.25, 0.3) is 5.91 Å². The van der Waals surface area contributed by atoms with Gasteiger partial charge in [-0.1, -0.05) is 12.1 Å². The molecule has 1 aromatic carbocycles. The molecule has 0 radical (unpaired) electrons. The van der Waals surface area contributed by atoms with Crippen molar-refractivity contribution in [3.63, 3.8) is 0 Å². The largest absolute Gasteiger partial charge is 0.352 e. The summed E-state index contributed by atoms with van der Waals surface area (Å²) in [5.41, 5.74) is 2.29. The third-order valence-corrected chi connectivity index (χ3v) is 4.88. The van der Waals surface area contributed by atoms with E-state index < -0.39 is 0 Å². The van der Waals surface area contributed by atoms with Gasteiger partial charge in [0.05, 0.1) is 0 Å². The number of aromatic nitrogens is 1. The maximum absolute atomic E-state index is 12.1. The summed E-state index contributed by atoms with van der Waals surface area (Å²) in [6.07, 6.45) is 7.07. The van der Waals surface area contributed by atoms with E-state index in [1.807, 2.05) is 24.3 Å². The minimum atomic E-state index is -0.170. The molecule has 8 heteroatoms. The number of benzene rings is 1. The predicted molar refractivity (Wildman–Crippen MR) is 120 cm³/mol. The smallest absolute Gasteiger partial charge is 0.255 e. The van der Waals surface area contributed by atoms with E-state index in [1.54, 1.807) is 24.5 Å². The van der Waals surface area contributed by atoms with Crippen LogP contribution in [0.25, 0.3) is 0 Å². The van der Waals surface area contributed by atoms with Gasteiger partial charge in [-0.25, -0.2) is 0 Å². The third-order valence-electron chi connectivity index (χ3n) is 4.88. The Morgan fingerprint density at radius 3 is 2.31 bits per heavy atom. The van der Waals surface area contributed by atoms with E-state index in [9.17, 15) is 9.59 Å². The lowest BCUT2D eigenvalue weighted by Crippen LogP contribution is -2.29. The molecule has 1 saturated heterocycles. The van der Waals surface area contributed by atoms with Gasteiger partial charge < -0.3 is 16.0 Å². The molecule has 1 aromatic heterocycles. The Labute approximate surface area is 184 Å². The molecular formula is C21H28Cl2N4O2. The zero-order valence-corrected chi connectivity index (χ0v) is 17.9. The normalized spacial score (nSPS) is 13.5. The molecule has 0 bridgehead atoms. The molecule has 3 N–H and O–H groups in total. The second kappa shape index (κ2) is 13.1. The molecule has 0 saturated carbocycles. The lowest BCUT2D eigenvalue weighted by Gasteiger charge is -2.22. The number of anilines is 1. The van der Waals surface area contributed by atoms with Gasteiger partial charge >= 0.3 is 0 Å². The Kier molecular flexibility index (Phi) is 11.3. The van der Waals surface area contributed by atoms with E-state index >= 15 is 0 Å². The first kappa shape index (κ1) is 24.9. The lowest BCUT2D eigenvalue weighted by atomic mass is 9.93. The van der Waals surface area contributed by atoms with Gasteiger partial charge in [-0.15, -0.1) is 24.8 Å². The quantitative estimate of drug-likeness (QED) is 0.616. The molecule has 0 aliphatic carbocycles. The zero-order valence-electron chi connectivity index (χ0n) is 16.2. The number of hydrogen-bond donors (Lipinski definition) is 3. The van der Waals surface area contributed by atoms with Gasteiger partial charge in [0, 0.05) is 36.6 Å². The Balaban J connectivity index is 0.00000210. The average molecular weight is 439 g/mol. The van der Waals surface area contributed by atoms with Crippen LogP contribution >= 0.6 is 24.8 Å². The number of nitrogens with one attached hydrogen (secondary N) is 3. The topological polar surface area (TPSA) is 83.1 Å². The van der Waals surface area contributed by atoms with E-state index in [-0.39, 0.29) is 36.6 Å². The van der Waals surface area contributed by atoms with Crippen molar-refractivity contribution in [2.24, 2.45) is 5.92 Å². The summed E-state index contributed by atoms with van der Waals surface area (Å²) in [5.74, 6) is 0.597. The highest BCUT2D eigenvalue weighted by Gasteiger charge is 2.14. The number of hydrogen-bond acceptors (Lipinski definition) is 4. The highest BCUT2D eigenvalue weighted by atomic mass is 35.5. The summed E-state index contributed by atoms with van der Waals surface area (Å²) in [7, 11) is 0. The predicted octanol–water partition coefficient (Wildman–Crippen LogP) is 3.57. The van der Waals surface area contributed by atoms with Gasteiger partial charge in [0.15, 0.2) is 0 Å². The molecule has 2 heterocycles. The molecule has 1 fully saturated rings. The number of carbonyl (C=O) groups is 2. The first-order chi connectivity index (χ1) is 13.2. The van der Waals surface area contributed by atoms with Crippen molar-refractivity contribution < 1.29 is 9.59 Å². The van der Waals surface area contributed by atoms with Crippen molar-refractivity contribution in [1.29, 1.82) is 0 Å². The van der Waals surface area contributed by atoms with Crippen molar-refractivity contribution in [3.8, 4) is 0 Å². The van der Waals surface area contributed by atoms with E-state index in [1.165, 1.54) is 12.8 Å². The van der Waals surface area contributed by atoms with Gasteiger partial charge in [0.2, 0.25) is 5.91 Å². The Hall–Kier alpha value is -2.15. The number of rotatable bonds is 7. The van der Waals surface area contributed by atoms with Crippen LogP contribution in [0.5, 0.6) is 0 Å². The Morgan fingerprint density at radius 1 is 1.00 bits per heavy atom. The summed E-state index contributed by atoms with van der Waals surface area (Å²) in [4.78, 5) is 28.1. The Morgan fingerprint density at radius 2 is 1.66 bits per heavy atom. The highest BCUT2D eigenvalue weighted by molar-refractivity contribution is 6.04.